The van der Waals surface area contributed by atoms with Crippen LogP contribution in [0.4, 0.5) is 4.79 Å². The monoisotopic (exact) mass is 478 g/mol. The molecule has 3 N–H and O–H groups in total. The van der Waals surface area contributed by atoms with Crippen molar-refractivity contribution in [1.82, 2.24) is 10.6 Å². The van der Waals surface area contributed by atoms with Gasteiger partial charge in [-0.1, -0.05) is 62.4 Å². The van der Waals surface area contributed by atoms with Gasteiger partial charge in [-0.2, -0.15) is 0 Å². The Kier molecular flexibility index (Phi) is 7.15. The fourth-order valence-corrected chi connectivity index (χ4v) is 5.11. The Morgan fingerprint density at radius 2 is 1.60 bits per heavy atom. The number of aliphatic carboxylic acids is 1. The van der Waals surface area contributed by atoms with Crippen LogP contribution in [0.5, 0.6) is 0 Å². The highest BCUT2D eigenvalue weighted by Crippen LogP contribution is 2.45. The zero-order valence-electron chi connectivity index (χ0n) is 20.5. The average molecular weight is 479 g/mol. The lowest BCUT2D eigenvalue weighted by molar-refractivity contribution is -0.138. The van der Waals surface area contributed by atoms with Crippen LogP contribution in [0.15, 0.2) is 48.5 Å². The van der Waals surface area contributed by atoms with E-state index in [0.29, 0.717) is 0 Å². The Morgan fingerprint density at radius 3 is 2.11 bits per heavy atom. The molecule has 2 aliphatic carbocycles. The SMILES string of the molecule is CC(C)[C@H](CC(=O)O)NC(=O)CC(C)(NC(=O)OCC1c2ccccc2-c2ccccc21)C1CC1. The van der Waals surface area contributed by atoms with Crippen molar-refractivity contribution in [2.75, 3.05) is 6.61 Å². The van der Waals surface area contributed by atoms with E-state index in [4.69, 9.17) is 9.84 Å². The number of rotatable bonds is 10. The van der Waals surface area contributed by atoms with Crippen LogP contribution in [0.25, 0.3) is 11.1 Å². The second-order valence-electron chi connectivity index (χ2n) is 10.3. The third kappa shape index (κ3) is 5.66. The molecule has 1 unspecified atom stereocenters. The van der Waals surface area contributed by atoms with E-state index in [0.717, 1.165) is 35.1 Å². The number of carbonyl (C=O) groups is 3. The van der Waals surface area contributed by atoms with Crippen molar-refractivity contribution >= 4 is 18.0 Å². The average Bonchev–Trinajstić information content (AvgIpc) is 3.61. The lowest BCUT2D eigenvalue weighted by Crippen LogP contribution is -2.52. The Balaban J connectivity index is 1.39. The van der Waals surface area contributed by atoms with Crippen LogP contribution in [0, 0.1) is 11.8 Å². The van der Waals surface area contributed by atoms with Gasteiger partial charge in [-0.25, -0.2) is 4.79 Å². The summed E-state index contributed by atoms with van der Waals surface area (Å²) in [4.78, 5) is 36.9. The van der Waals surface area contributed by atoms with E-state index in [1.165, 1.54) is 0 Å². The Bertz CT molecular complexity index is 1060. The summed E-state index contributed by atoms with van der Waals surface area (Å²) in [5, 5.41) is 15.0. The van der Waals surface area contributed by atoms with E-state index < -0.39 is 23.6 Å². The van der Waals surface area contributed by atoms with Crippen molar-refractivity contribution in [2.24, 2.45) is 11.8 Å². The second-order valence-corrected chi connectivity index (χ2v) is 10.3. The fourth-order valence-electron chi connectivity index (χ4n) is 5.11. The molecule has 0 bridgehead atoms. The fraction of sp³-hybridized carbons (Fsp3) is 0.464. The number of alkyl carbamates (subject to hydrolysis) is 1. The lowest BCUT2D eigenvalue weighted by atomic mass is 9.90. The third-order valence-electron chi connectivity index (χ3n) is 7.28. The van der Waals surface area contributed by atoms with E-state index in [2.05, 4.69) is 34.9 Å². The highest BCUT2D eigenvalue weighted by atomic mass is 16.5. The van der Waals surface area contributed by atoms with Crippen molar-refractivity contribution < 1.29 is 24.2 Å². The van der Waals surface area contributed by atoms with Crippen LogP contribution in [0.1, 0.15) is 63.5 Å². The van der Waals surface area contributed by atoms with Gasteiger partial charge in [-0.15, -0.1) is 0 Å². The van der Waals surface area contributed by atoms with Gasteiger partial charge >= 0.3 is 12.1 Å². The molecule has 0 heterocycles. The molecule has 0 saturated heterocycles. The number of fused-ring (bicyclic) bond motifs is 3. The second kappa shape index (κ2) is 10.1. The van der Waals surface area contributed by atoms with Gasteiger partial charge in [0, 0.05) is 18.4 Å². The summed E-state index contributed by atoms with van der Waals surface area (Å²) in [7, 11) is 0. The molecule has 0 spiro atoms. The van der Waals surface area contributed by atoms with E-state index in [1.807, 2.05) is 45.0 Å². The number of ether oxygens (including phenoxy) is 1. The molecule has 7 nitrogen and oxygen atoms in total. The van der Waals surface area contributed by atoms with Gasteiger partial charge in [0.2, 0.25) is 5.91 Å². The normalized spacial score (nSPS) is 17.1. The zero-order valence-corrected chi connectivity index (χ0v) is 20.5. The maximum absolute atomic E-state index is 12.9. The highest BCUT2D eigenvalue weighted by Gasteiger charge is 2.45. The summed E-state index contributed by atoms with van der Waals surface area (Å²) in [6.45, 7) is 5.83. The summed E-state index contributed by atoms with van der Waals surface area (Å²) in [5.74, 6) is -1.08. The molecule has 0 radical (unpaired) electrons. The van der Waals surface area contributed by atoms with Crippen LogP contribution in [-0.4, -0.2) is 41.3 Å². The van der Waals surface area contributed by atoms with E-state index in [9.17, 15) is 14.4 Å². The number of hydrogen-bond donors (Lipinski definition) is 3. The molecule has 1 fully saturated rings. The number of hydrogen-bond acceptors (Lipinski definition) is 4. The van der Waals surface area contributed by atoms with Crippen LogP contribution in [0.3, 0.4) is 0 Å². The van der Waals surface area contributed by atoms with Gasteiger partial charge in [-0.3, -0.25) is 9.59 Å². The minimum absolute atomic E-state index is 0.0164. The number of benzene rings is 2. The number of amides is 2. The summed E-state index contributed by atoms with van der Waals surface area (Å²) in [5.41, 5.74) is 3.86. The van der Waals surface area contributed by atoms with Crippen LogP contribution in [0.2, 0.25) is 0 Å². The molecular formula is C28H34N2O5. The maximum Gasteiger partial charge on any atom is 0.407 e. The summed E-state index contributed by atoms with van der Waals surface area (Å²) in [6.07, 6.45) is 1.25. The minimum Gasteiger partial charge on any atom is -0.481 e. The molecule has 0 aliphatic heterocycles. The Labute approximate surface area is 206 Å². The molecule has 2 aromatic carbocycles. The first-order valence-corrected chi connectivity index (χ1v) is 12.3. The number of carboxylic acids is 1. The highest BCUT2D eigenvalue weighted by molar-refractivity contribution is 5.81. The van der Waals surface area contributed by atoms with Crippen molar-refractivity contribution in [3.8, 4) is 11.1 Å². The summed E-state index contributed by atoms with van der Waals surface area (Å²) < 4.78 is 5.71. The minimum atomic E-state index is -0.953. The predicted octanol–water partition coefficient (Wildman–Crippen LogP) is 4.70. The van der Waals surface area contributed by atoms with Gasteiger partial charge in [-0.05, 0) is 53.9 Å². The topological polar surface area (TPSA) is 105 Å². The number of carbonyl (C=O) groups excluding carboxylic acids is 2. The number of carboxylic acid groups (broad SMARTS) is 1. The van der Waals surface area contributed by atoms with Gasteiger partial charge < -0.3 is 20.5 Å². The maximum atomic E-state index is 12.9. The van der Waals surface area contributed by atoms with Crippen LogP contribution < -0.4 is 10.6 Å². The molecule has 2 aliphatic rings. The molecule has 0 aromatic heterocycles. The largest absolute Gasteiger partial charge is 0.481 e. The smallest absolute Gasteiger partial charge is 0.407 e. The van der Waals surface area contributed by atoms with E-state index in [1.54, 1.807) is 0 Å². The van der Waals surface area contributed by atoms with Crippen molar-refractivity contribution in [3.05, 3.63) is 59.7 Å². The molecule has 2 aromatic rings. The van der Waals surface area contributed by atoms with Crippen LogP contribution >= 0.6 is 0 Å². The van der Waals surface area contributed by atoms with Crippen molar-refractivity contribution in [1.29, 1.82) is 0 Å². The first-order valence-electron chi connectivity index (χ1n) is 12.3. The Morgan fingerprint density at radius 1 is 1.03 bits per heavy atom. The quantitative estimate of drug-likeness (QED) is 0.459. The van der Waals surface area contributed by atoms with Gasteiger partial charge in [0.1, 0.15) is 6.61 Å². The van der Waals surface area contributed by atoms with Crippen molar-refractivity contribution in [3.63, 3.8) is 0 Å². The zero-order chi connectivity index (χ0) is 25.2. The third-order valence-corrected chi connectivity index (χ3v) is 7.28. The van der Waals surface area contributed by atoms with E-state index >= 15 is 0 Å². The van der Waals surface area contributed by atoms with Gasteiger partial charge in [0.05, 0.1) is 12.0 Å². The molecule has 2 amide bonds. The van der Waals surface area contributed by atoms with Gasteiger partial charge in [0.15, 0.2) is 0 Å². The molecule has 7 heteroatoms. The standard InChI is InChI=1S/C28H34N2O5/c1-17(2)24(14-26(32)33)29-25(31)15-28(3,18-12-13-18)30-27(34)35-16-23-21-10-6-4-8-19(21)20-9-5-7-11-22(20)23/h4-11,17-18,23-24H,12-16H2,1-3H3,(H,29,31)(H,30,34)(H,32,33)/t24-,28?/m0/s1. The van der Waals surface area contributed by atoms with Crippen LogP contribution in [-0.2, 0) is 14.3 Å². The first kappa shape index (κ1) is 24.8. The van der Waals surface area contributed by atoms with Crippen molar-refractivity contribution in [2.45, 2.75) is 64.0 Å². The predicted molar refractivity (Wildman–Crippen MR) is 133 cm³/mol. The molecule has 2 atom stereocenters. The molecule has 186 valence electrons. The summed E-state index contributed by atoms with van der Waals surface area (Å²) >= 11 is 0. The Hall–Kier alpha value is -3.35. The lowest BCUT2D eigenvalue weighted by Gasteiger charge is -2.31. The number of nitrogens with one attached hydrogen (secondary N) is 2. The van der Waals surface area contributed by atoms with E-state index in [-0.39, 0.29) is 43.1 Å². The van der Waals surface area contributed by atoms with Gasteiger partial charge in [0.25, 0.3) is 0 Å². The molecule has 35 heavy (non-hydrogen) atoms. The molecular weight excluding hydrogens is 444 g/mol. The molecule has 4 rings (SSSR count). The summed E-state index contributed by atoms with van der Waals surface area (Å²) in [6, 6.07) is 15.9. The first-order chi connectivity index (χ1) is 16.7. The molecule has 1 saturated carbocycles.